The lowest BCUT2D eigenvalue weighted by Gasteiger charge is -2.18. The zero-order chi connectivity index (χ0) is 12.3. The summed E-state index contributed by atoms with van der Waals surface area (Å²) in [7, 11) is 0. The van der Waals surface area contributed by atoms with Gasteiger partial charge in [-0.1, -0.05) is 51.1 Å². The van der Waals surface area contributed by atoms with Crippen molar-refractivity contribution in [3.63, 3.8) is 0 Å². The lowest BCUT2D eigenvalue weighted by atomic mass is 9.87. The zero-order valence-electron chi connectivity index (χ0n) is 10.8. The minimum Gasteiger partial charge on any atom is -0.282 e. The average molecular weight is 226 g/mol. The van der Waals surface area contributed by atoms with E-state index < -0.39 is 0 Å². The second-order valence-corrected chi connectivity index (χ2v) is 5.43. The van der Waals surface area contributed by atoms with Crippen molar-refractivity contribution >= 4 is 11.4 Å². The molecule has 0 spiro atoms. The van der Waals surface area contributed by atoms with Crippen LogP contribution in [-0.2, 0) is 5.41 Å². The number of benzene rings is 2. The highest BCUT2D eigenvalue weighted by atomic mass is 14.9. The van der Waals surface area contributed by atoms with Gasteiger partial charge < -0.3 is 0 Å². The minimum atomic E-state index is 0.227. The molecule has 0 unspecified atom stereocenters. The highest BCUT2D eigenvalue weighted by Crippen LogP contribution is 2.22. The van der Waals surface area contributed by atoms with Crippen LogP contribution in [0, 0.1) is 0 Å². The van der Waals surface area contributed by atoms with Crippen molar-refractivity contribution in [2.75, 3.05) is 0 Å². The topological polar surface area (TPSA) is 16.6 Å². The van der Waals surface area contributed by atoms with Gasteiger partial charge in [0, 0.05) is 0 Å². The Hall–Kier alpha value is -1.60. The van der Waals surface area contributed by atoms with Gasteiger partial charge in [0.2, 0.25) is 0 Å². The van der Waals surface area contributed by atoms with Crippen molar-refractivity contribution in [1.29, 1.82) is 0 Å². The lowest BCUT2D eigenvalue weighted by Crippen LogP contribution is -2.70. The van der Waals surface area contributed by atoms with Gasteiger partial charge in [-0.25, -0.2) is 0 Å². The van der Waals surface area contributed by atoms with Gasteiger partial charge in [0.15, 0.2) is 0 Å². The third-order valence-corrected chi connectivity index (χ3v) is 2.91. The van der Waals surface area contributed by atoms with Gasteiger partial charge >= 0.3 is 0 Å². The van der Waals surface area contributed by atoms with Crippen LogP contribution in [-0.4, -0.2) is 0 Å². The van der Waals surface area contributed by atoms with E-state index in [9.17, 15) is 0 Å². The van der Waals surface area contributed by atoms with E-state index in [0.717, 1.165) is 0 Å². The van der Waals surface area contributed by atoms with Gasteiger partial charge in [-0.05, 0) is 35.2 Å². The standard InChI is InChI=1S/C16H19N/c1-16(2,3)13-9-11-15(12-10-13)17-14-7-5-4-6-8-14/h4-12,17H,1-3H3/p+1. The number of hydrogen-bond donors (Lipinski definition) is 1. The Labute approximate surface area is 103 Å². The third kappa shape index (κ3) is 3.18. The van der Waals surface area contributed by atoms with Crippen LogP contribution in [0.15, 0.2) is 54.6 Å². The molecule has 0 atom stereocenters. The first-order valence-corrected chi connectivity index (χ1v) is 6.06. The number of rotatable bonds is 2. The molecule has 0 bridgehead atoms. The summed E-state index contributed by atoms with van der Waals surface area (Å²) >= 11 is 0. The Morgan fingerprint density at radius 2 is 1.24 bits per heavy atom. The molecule has 0 aliphatic heterocycles. The van der Waals surface area contributed by atoms with Crippen molar-refractivity contribution in [3.05, 3.63) is 60.2 Å². The molecule has 0 saturated carbocycles. The van der Waals surface area contributed by atoms with Crippen molar-refractivity contribution in [2.45, 2.75) is 26.2 Å². The Balaban J connectivity index is 2.14. The number of nitrogens with two attached hydrogens (primary N) is 1. The summed E-state index contributed by atoms with van der Waals surface area (Å²) in [6, 6.07) is 19.2. The van der Waals surface area contributed by atoms with Crippen LogP contribution in [0.25, 0.3) is 0 Å². The van der Waals surface area contributed by atoms with Gasteiger partial charge in [0.1, 0.15) is 11.4 Å². The molecule has 0 fully saturated rings. The smallest absolute Gasteiger partial charge is 0.134 e. The number of para-hydroxylation sites is 1. The normalized spacial score (nSPS) is 11.5. The summed E-state index contributed by atoms with van der Waals surface area (Å²) in [4.78, 5) is 0. The molecule has 0 radical (unpaired) electrons. The average Bonchev–Trinajstić information content (AvgIpc) is 2.30. The molecular formula is C16H20N+. The van der Waals surface area contributed by atoms with Crippen molar-refractivity contribution in [1.82, 2.24) is 0 Å². The highest BCUT2D eigenvalue weighted by Gasteiger charge is 2.13. The molecule has 2 N–H and O–H groups in total. The molecule has 88 valence electrons. The largest absolute Gasteiger partial charge is 0.282 e. The molecule has 1 nitrogen and oxygen atoms in total. The third-order valence-electron chi connectivity index (χ3n) is 2.91. The molecule has 2 rings (SSSR count). The monoisotopic (exact) mass is 226 g/mol. The van der Waals surface area contributed by atoms with E-state index in [1.54, 1.807) is 0 Å². The quantitative estimate of drug-likeness (QED) is 0.755. The Morgan fingerprint density at radius 1 is 0.706 bits per heavy atom. The van der Waals surface area contributed by atoms with Crippen molar-refractivity contribution in [2.24, 2.45) is 0 Å². The van der Waals surface area contributed by atoms with Gasteiger partial charge in [-0.15, -0.1) is 0 Å². The molecule has 0 aromatic heterocycles. The van der Waals surface area contributed by atoms with Crippen LogP contribution >= 0.6 is 0 Å². The van der Waals surface area contributed by atoms with Crippen molar-refractivity contribution < 1.29 is 5.32 Å². The Bertz CT molecular complexity index is 463. The summed E-state index contributed by atoms with van der Waals surface area (Å²) in [6.45, 7) is 6.72. The predicted molar refractivity (Wildman–Crippen MR) is 72.8 cm³/mol. The van der Waals surface area contributed by atoms with Gasteiger partial charge in [-0.3, -0.25) is 5.32 Å². The summed E-state index contributed by atoms with van der Waals surface area (Å²) in [6.07, 6.45) is 0. The molecule has 0 amide bonds. The van der Waals surface area contributed by atoms with Gasteiger partial charge in [0.25, 0.3) is 0 Å². The predicted octanol–water partition coefficient (Wildman–Crippen LogP) is 3.51. The fraction of sp³-hybridized carbons (Fsp3) is 0.250. The van der Waals surface area contributed by atoms with Crippen LogP contribution in [0.2, 0.25) is 0 Å². The fourth-order valence-corrected chi connectivity index (χ4v) is 1.82. The van der Waals surface area contributed by atoms with Crippen LogP contribution in [0.3, 0.4) is 0 Å². The van der Waals surface area contributed by atoms with Crippen LogP contribution in [0.4, 0.5) is 11.4 Å². The molecule has 0 saturated heterocycles. The highest BCUT2D eigenvalue weighted by molar-refractivity contribution is 5.38. The zero-order valence-corrected chi connectivity index (χ0v) is 10.8. The summed E-state index contributed by atoms with van der Waals surface area (Å²) < 4.78 is 0. The van der Waals surface area contributed by atoms with E-state index in [4.69, 9.17) is 0 Å². The summed E-state index contributed by atoms with van der Waals surface area (Å²) in [5, 5.41) is 2.20. The van der Waals surface area contributed by atoms with E-state index >= 15 is 0 Å². The van der Waals surface area contributed by atoms with E-state index in [-0.39, 0.29) is 5.41 Å². The maximum Gasteiger partial charge on any atom is 0.134 e. The van der Waals surface area contributed by atoms with Crippen LogP contribution < -0.4 is 5.32 Å². The number of quaternary nitrogens is 1. The summed E-state index contributed by atoms with van der Waals surface area (Å²) in [5.74, 6) is 0. The maximum atomic E-state index is 2.24. The second kappa shape index (κ2) is 4.72. The number of hydrogen-bond acceptors (Lipinski definition) is 0. The lowest BCUT2D eigenvalue weighted by molar-refractivity contribution is -0.478. The fourth-order valence-electron chi connectivity index (χ4n) is 1.82. The molecular weight excluding hydrogens is 206 g/mol. The first-order chi connectivity index (χ1) is 8.05. The van der Waals surface area contributed by atoms with Crippen molar-refractivity contribution in [3.8, 4) is 0 Å². The second-order valence-electron chi connectivity index (χ2n) is 5.43. The Morgan fingerprint density at radius 3 is 1.76 bits per heavy atom. The minimum absolute atomic E-state index is 0.227. The summed E-state index contributed by atoms with van der Waals surface area (Å²) in [5.41, 5.74) is 4.11. The SMILES string of the molecule is CC(C)(C)c1ccc([NH2+]c2ccccc2)cc1. The van der Waals surface area contributed by atoms with Crippen LogP contribution in [0.5, 0.6) is 0 Å². The first-order valence-electron chi connectivity index (χ1n) is 6.06. The first kappa shape index (κ1) is 11.9. The molecule has 17 heavy (non-hydrogen) atoms. The maximum absolute atomic E-state index is 2.24. The van der Waals surface area contributed by atoms with Gasteiger partial charge in [-0.2, -0.15) is 0 Å². The van der Waals surface area contributed by atoms with E-state index in [0.29, 0.717) is 0 Å². The van der Waals surface area contributed by atoms with Gasteiger partial charge in [0.05, 0.1) is 0 Å². The van der Waals surface area contributed by atoms with Crippen LogP contribution in [0.1, 0.15) is 26.3 Å². The Kier molecular flexibility index (Phi) is 3.30. The molecule has 0 aliphatic carbocycles. The van der Waals surface area contributed by atoms with E-state index in [1.807, 2.05) is 6.07 Å². The molecule has 0 aliphatic rings. The molecule has 0 heterocycles. The van der Waals surface area contributed by atoms with E-state index in [2.05, 4.69) is 74.6 Å². The molecule has 2 aromatic carbocycles. The molecule has 2 aromatic rings. The molecule has 1 heteroatoms. The van der Waals surface area contributed by atoms with E-state index in [1.165, 1.54) is 16.9 Å².